The minimum atomic E-state index is -0.154. The van der Waals surface area contributed by atoms with Crippen molar-refractivity contribution < 1.29 is 9.32 Å². The monoisotopic (exact) mass is 250 g/mol. The molecule has 0 bridgehead atoms. The fraction of sp³-hybridized carbons (Fsp3) is 0.167. The Bertz CT molecular complexity index is 523. The van der Waals surface area contributed by atoms with Crippen molar-refractivity contribution >= 4 is 23.2 Å². The average molecular weight is 251 g/mol. The van der Waals surface area contributed by atoms with E-state index in [4.69, 9.17) is 11.6 Å². The zero-order valence-electron chi connectivity index (χ0n) is 9.24. The van der Waals surface area contributed by atoms with Gasteiger partial charge >= 0.3 is 0 Å². The number of rotatable bonds is 3. The van der Waals surface area contributed by atoms with Gasteiger partial charge in [-0.05, 0) is 24.6 Å². The molecule has 4 nitrogen and oxygen atoms in total. The second kappa shape index (κ2) is 5.01. The zero-order valence-corrected chi connectivity index (χ0v) is 9.99. The van der Waals surface area contributed by atoms with Crippen LogP contribution in [0.2, 0.25) is 5.02 Å². The summed E-state index contributed by atoms with van der Waals surface area (Å²) in [6.07, 6.45) is 1.62. The van der Waals surface area contributed by atoms with Crippen LogP contribution in [0.15, 0.2) is 35.1 Å². The maximum absolute atomic E-state index is 11.6. The smallest absolute Gasteiger partial charge is 0.230 e. The number of aromatic nitrogens is 1. The Balaban J connectivity index is 2.00. The highest BCUT2D eigenvalue weighted by molar-refractivity contribution is 6.31. The van der Waals surface area contributed by atoms with Gasteiger partial charge in [-0.15, -0.1) is 0 Å². The minimum Gasteiger partial charge on any atom is -0.364 e. The number of anilines is 1. The van der Waals surface area contributed by atoms with Crippen LogP contribution in [-0.2, 0) is 11.2 Å². The van der Waals surface area contributed by atoms with E-state index in [9.17, 15) is 4.79 Å². The molecule has 2 rings (SSSR count). The summed E-state index contributed by atoms with van der Waals surface area (Å²) in [5.74, 6) is -0.154. The number of hydrogen-bond acceptors (Lipinski definition) is 3. The van der Waals surface area contributed by atoms with Crippen molar-refractivity contribution in [2.75, 3.05) is 5.32 Å². The number of nitrogens with one attached hydrogen (secondary N) is 1. The van der Waals surface area contributed by atoms with Crippen LogP contribution in [0.5, 0.6) is 0 Å². The van der Waals surface area contributed by atoms with Gasteiger partial charge in [0.05, 0.1) is 12.1 Å². The lowest BCUT2D eigenvalue weighted by atomic mass is 10.2. The van der Waals surface area contributed by atoms with Crippen molar-refractivity contribution in [3.05, 3.63) is 46.8 Å². The molecule has 1 aromatic carbocycles. The predicted molar refractivity (Wildman–Crippen MR) is 65.0 cm³/mol. The molecule has 17 heavy (non-hydrogen) atoms. The number of amides is 1. The Morgan fingerprint density at radius 3 is 2.94 bits per heavy atom. The molecular formula is C12H11ClN2O2. The predicted octanol–water partition coefficient (Wildman–Crippen LogP) is 2.82. The molecule has 0 unspecified atom stereocenters. The van der Waals surface area contributed by atoms with E-state index in [1.165, 1.54) is 6.26 Å². The highest BCUT2D eigenvalue weighted by Gasteiger charge is 2.07. The molecule has 1 aromatic heterocycles. The Morgan fingerprint density at radius 2 is 2.29 bits per heavy atom. The molecule has 0 aliphatic heterocycles. The van der Waals surface area contributed by atoms with Crippen LogP contribution < -0.4 is 5.32 Å². The largest absolute Gasteiger partial charge is 0.364 e. The van der Waals surface area contributed by atoms with Crippen molar-refractivity contribution in [1.82, 2.24) is 5.16 Å². The van der Waals surface area contributed by atoms with Gasteiger partial charge in [0.1, 0.15) is 6.26 Å². The number of nitrogens with zero attached hydrogens (tertiary/aromatic N) is 1. The molecule has 0 saturated carbocycles. The van der Waals surface area contributed by atoms with Crippen LogP contribution in [0.1, 0.15) is 11.3 Å². The van der Waals surface area contributed by atoms with Crippen LogP contribution in [0.25, 0.3) is 0 Å². The van der Waals surface area contributed by atoms with Crippen LogP contribution in [0.4, 0.5) is 5.69 Å². The Kier molecular flexibility index (Phi) is 3.44. The van der Waals surface area contributed by atoms with Gasteiger partial charge in [-0.25, -0.2) is 0 Å². The SMILES string of the molecule is Cc1ccc(NC(=O)Cc2ccon2)cc1Cl. The molecular weight excluding hydrogens is 240 g/mol. The second-order valence-electron chi connectivity index (χ2n) is 3.68. The van der Waals surface area contributed by atoms with Crippen LogP contribution >= 0.6 is 11.6 Å². The minimum absolute atomic E-state index is 0.154. The van der Waals surface area contributed by atoms with Gasteiger partial charge in [0.2, 0.25) is 5.91 Å². The van der Waals surface area contributed by atoms with Crippen LogP contribution in [0.3, 0.4) is 0 Å². The maximum Gasteiger partial charge on any atom is 0.230 e. The lowest BCUT2D eigenvalue weighted by Gasteiger charge is -2.05. The summed E-state index contributed by atoms with van der Waals surface area (Å²) in [5.41, 5.74) is 2.25. The number of carbonyl (C=O) groups excluding carboxylic acids is 1. The summed E-state index contributed by atoms with van der Waals surface area (Å²) in [5, 5.41) is 7.04. The Hall–Kier alpha value is -1.81. The van der Waals surface area contributed by atoms with Gasteiger partial charge < -0.3 is 9.84 Å². The molecule has 5 heteroatoms. The molecule has 88 valence electrons. The third-order valence-electron chi connectivity index (χ3n) is 2.29. The van der Waals surface area contributed by atoms with Crippen molar-refractivity contribution in [2.24, 2.45) is 0 Å². The topological polar surface area (TPSA) is 55.1 Å². The Labute approximate surface area is 104 Å². The van der Waals surface area contributed by atoms with E-state index in [0.29, 0.717) is 16.4 Å². The standard InChI is InChI=1S/C12H11ClN2O2/c1-8-2-3-9(6-11(8)13)14-12(16)7-10-4-5-17-15-10/h2-6H,7H2,1H3,(H,14,16). The zero-order chi connectivity index (χ0) is 12.3. The first-order valence-electron chi connectivity index (χ1n) is 5.10. The molecule has 0 aliphatic rings. The number of benzene rings is 1. The summed E-state index contributed by atoms with van der Waals surface area (Å²) >= 11 is 5.96. The van der Waals surface area contributed by atoms with E-state index in [0.717, 1.165) is 5.56 Å². The summed E-state index contributed by atoms with van der Waals surface area (Å²) in [7, 11) is 0. The number of aryl methyl sites for hydroxylation is 1. The van der Waals surface area contributed by atoms with Crippen molar-refractivity contribution in [3.63, 3.8) is 0 Å². The fourth-order valence-electron chi connectivity index (χ4n) is 1.37. The molecule has 0 spiro atoms. The highest BCUT2D eigenvalue weighted by atomic mass is 35.5. The number of carbonyl (C=O) groups is 1. The molecule has 0 aliphatic carbocycles. The number of hydrogen-bond donors (Lipinski definition) is 1. The van der Waals surface area contributed by atoms with Crippen molar-refractivity contribution in [3.8, 4) is 0 Å². The molecule has 2 aromatic rings. The third-order valence-corrected chi connectivity index (χ3v) is 2.70. The van der Waals surface area contributed by atoms with Crippen molar-refractivity contribution in [2.45, 2.75) is 13.3 Å². The van der Waals surface area contributed by atoms with Crippen LogP contribution in [0, 0.1) is 6.92 Å². The summed E-state index contributed by atoms with van der Waals surface area (Å²) in [6, 6.07) is 7.04. The van der Waals surface area contributed by atoms with E-state index < -0.39 is 0 Å². The third kappa shape index (κ3) is 3.07. The van der Waals surface area contributed by atoms with Crippen molar-refractivity contribution in [1.29, 1.82) is 0 Å². The maximum atomic E-state index is 11.6. The molecule has 1 heterocycles. The summed E-state index contributed by atoms with van der Waals surface area (Å²) in [6.45, 7) is 1.91. The van der Waals surface area contributed by atoms with Gasteiger partial charge in [0.25, 0.3) is 0 Å². The molecule has 0 radical (unpaired) electrons. The van der Waals surface area contributed by atoms with E-state index in [2.05, 4.69) is 15.0 Å². The molecule has 0 fully saturated rings. The van der Waals surface area contributed by atoms with Gasteiger partial charge in [0, 0.05) is 16.8 Å². The quantitative estimate of drug-likeness (QED) is 0.911. The summed E-state index contributed by atoms with van der Waals surface area (Å²) in [4.78, 5) is 11.6. The van der Waals surface area contributed by atoms with Crippen LogP contribution in [-0.4, -0.2) is 11.1 Å². The average Bonchev–Trinajstić information content (AvgIpc) is 2.76. The normalized spacial score (nSPS) is 10.2. The molecule has 1 amide bonds. The second-order valence-corrected chi connectivity index (χ2v) is 4.09. The van der Waals surface area contributed by atoms with E-state index in [1.807, 2.05) is 19.1 Å². The Morgan fingerprint density at radius 1 is 1.47 bits per heavy atom. The fourth-order valence-corrected chi connectivity index (χ4v) is 1.55. The van der Waals surface area contributed by atoms with E-state index >= 15 is 0 Å². The van der Waals surface area contributed by atoms with E-state index in [1.54, 1.807) is 12.1 Å². The molecule has 1 N–H and O–H groups in total. The lowest BCUT2D eigenvalue weighted by molar-refractivity contribution is -0.115. The first-order chi connectivity index (χ1) is 8.15. The van der Waals surface area contributed by atoms with Gasteiger partial charge in [0.15, 0.2) is 0 Å². The van der Waals surface area contributed by atoms with Gasteiger partial charge in [-0.1, -0.05) is 22.8 Å². The van der Waals surface area contributed by atoms with Gasteiger partial charge in [-0.2, -0.15) is 0 Å². The van der Waals surface area contributed by atoms with E-state index in [-0.39, 0.29) is 12.3 Å². The first kappa shape index (κ1) is 11.7. The molecule has 0 saturated heterocycles. The lowest BCUT2D eigenvalue weighted by Crippen LogP contribution is -2.14. The number of halogens is 1. The molecule has 0 atom stereocenters. The highest BCUT2D eigenvalue weighted by Crippen LogP contribution is 2.19. The van der Waals surface area contributed by atoms with Gasteiger partial charge in [-0.3, -0.25) is 4.79 Å². The summed E-state index contributed by atoms with van der Waals surface area (Å²) < 4.78 is 4.65. The first-order valence-corrected chi connectivity index (χ1v) is 5.48.